The van der Waals surface area contributed by atoms with Crippen molar-refractivity contribution in [1.82, 2.24) is 14.5 Å². The fraction of sp³-hybridized carbons (Fsp3) is 0.519. The number of piperidine rings is 1. The van der Waals surface area contributed by atoms with Crippen molar-refractivity contribution in [2.45, 2.75) is 69.4 Å². The van der Waals surface area contributed by atoms with Crippen molar-refractivity contribution in [3.63, 3.8) is 0 Å². The van der Waals surface area contributed by atoms with Gasteiger partial charge in [-0.1, -0.05) is 55.8 Å². The molecule has 1 aromatic heterocycles. The van der Waals surface area contributed by atoms with Gasteiger partial charge in [0.15, 0.2) is 0 Å². The molecular weight excluding hydrogens is 418 g/mol. The van der Waals surface area contributed by atoms with Crippen molar-refractivity contribution in [3.8, 4) is 11.4 Å². The van der Waals surface area contributed by atoms with Crippen LogP contribution in [0.2, 0.25) is 5.02 Å². The van der Waals surface area contributed by atoms with Crippen molar-refractivity contribution >= 4 is 22.6 Å². The molecule has 2 fully saturated rings. The smallest absolute Gasteiger partial charge is 0.141 e. The first-order chi connectivity index (χ1) is 15.7. The predicted octanol–water partition coefficient (Wildman–Crippen LogP) is 6.47. The Morgan fingerprint density at radius 3 is 2.25 bits per heavy atom. The average Bonchev–Trinajstić information content (AvgIpc) is 3.20. The molecule has 32 heavy (non-hydrogen) atoms. The van der Waals surface area contributed by atoms with E-state index in [1.54, 1.807) is 0 Å². The van der Waals surface area contributed by atoms with Gasteiger partial charge in [-0.05, 0) is 62.1 Å². The summed E-state index contributed by atoms with van der Waals surface area (Å²) < 4.78 is 2.46. The number of likely N-dealkylation sites (tertiary alicyclic amines) is 1. The minimum atomic E-state index is -0.0125. The van der Waals surface area contributed by atoms with E-state index in [-0.39, 0.29) is 5.54 Å². The summed E-state index contributed by atoms with van der Waals surface area (Å²) in [5.41, 5.74) is 3.35. The molecule has 5 rings (SSSR count). The standard InChI is InChI=1S/C27H34ClN3O/c28-22-12-10-21(11-13-22)26-29-24-8-4-5-9-25(24)31(26)23-14-18-30(19-15-23)27(20-32)16-6-2-1-3-7-17-27/h4-5,8-13,23,32H,1-3,6-7,14-20H2. The number of aromatic nitrogens is 2. The van der Waals surface area contributed by atoms with E-state index in [0.29, 0.717) is 12.6 Å². The van der Waals surface area contributed by atoms with Crippen LogP contribution in [0.5, 0.6) is 0 Å². The lowest BCUT2D eigenvalue weighted by Gasteiger charge is -2.47. The zero-order chi connectivity index (χ0) is 22.0. The van der Waals surface area contributed by atoms with Crippen LogP contribution in [0.25, 0.3) is 22.4 Å². The second-order valence-electron chi connectivity index (χ2n) is 9.67. The van der Waals surface area contributed by atoms with Gasteiger partial charge in [0, 0.05) is 35.3 Å². The molecule has 0 spiro atoms. The Hall–Kier alpha value is -1.88. The highest BCUT2D eigenvalue weighted by Crippen LogP contribution is 2.38. The summed E-state index contributed by atoms with van der Waals surface area (Å²) in [5.74, 6) is 1.03. The Kier molecular flexibility index (Phi) is 6.54. The summed E-state index contributed by atoms with van der Waals surface area (Å²) >= 11 is 6.15. The Morgan fingerprint density at radius 2 is 1.56 bits per heavy atom. The molecule has 2 aliphatic rings. The fourth-order valence-corrected chi connectivity index (χ4v) is 6.08. The van der Waals surface area contributed by atoms with Gasteiger partial charge < -0.3 is 9.67 Å². The van der Waals surface area contributed by atoms with Crippen LogP contribution in [0.3, 0.4) is 0 Å². The van der Waals surface area contributed by atoms with Crippen molar-refractivity contribution < 1.29 is 5.11 Å². The molecule has 4 nitrogen and oxygen atoms in total. The van der Waals surface area contributed by atoms with E-state index in [1.807, 2.05) is 12.1 Å². The van der Waals surface area contributed by atoms with Gasteiger partial charge in [-0.15, -0.1) is 0 Å². The van der Waals surface area contributed by atoms with Crippen LogP contribution < -0.4 is 0 Å². The molecule has 0 unspecified atom stereocenters. The molecule has 0 atom stereocenters. The van der Waals surface area contributed by atoms with Crippen molar-refractivity contribution in [3.05, 3.63) is 53.6 Å². The maximum atomic E-state index is 10.4. The van der Waals surface area contributed by atoms with Crippen LogP contribution in [0.15, 0.2) is 48.5 Å². The monoisotopic (exact) mass is 451 g/mol. The maximum absolute atomic E-state index is 10.4. The van der Waals surface area contributed by atoms with Crippen LogP contribution in [-0.2, 0) is 0 Å². The van der Waals surface area contributed by atoms with E-state index < -0.39 is 0 Å². The van der Waals surface area contributed by atoms with Gasteiger partial charge in [-0.2, -0.15) is 0 Å². The first-order valence-electron chi connectivity index (χ1n) is 12.3. The number of para-hydroxylation sites is 2. The number of halogens is 1. The van der Waals surface area contributed by atoms with Crippen LogP contribution in [-0.4, -0.2) is 44.8 Å². The van der Waals surface area contributed by atoms with Gasteiger partial charge in [0.1, 0.15) is 5.82 Å². The number of aliphatic hydroxyl groups is 1. The van der Waals surface area contributed by atoms with Gasteiger partial charge in [-0.25, -0.2) is 4.98 Å². The number of rotatable bonds is 4. The van der Waals surface area contributed by atoms with E-state index in [2.05, 4.69) is 45.9 Å². The summed E-state index contributed by atoms with van der Waals surface area (Å²) in [6, 6.07) is 16.9. The molecule has 0 bridgehead atoms. The number of hydrogen-bond acceptors (Lipinski definition) is 3. The summed E-state index contributed by atoms with van der Waals surface area (Å²) in [5, 5.41) is 11.2. The SMILES string of the molecule is OCC1(N2CCC(n3c(-c4ccc(Cl)cc4)nc4ccccc43)CC2)CCCCCCC1. The Morgan fingerprint density at radius 1 is 0.906 bits per heavy atom. The van der Waals surface area contributed by atoms with Crippen LogP contribution in [0.1, 0.15) is 63.8 Å². The summed E-state index contributed by atoms with van der Waals surface area (Å²) in [6.07, 6.45) is 10.9. The molecule has 2 heterocycles. The Balaban J connectivity index is 1.42. The van der Waals surface area contributed by atoms with E-state index in [4.69, 9.17) is 16.6 Å². The zero-order valence-corrected chi connectivity index (χ0v) is 19.6. The third-order valence-corrected chi connectivity index (χ3v) is 8.03. The summed E-state index contributed by atoms with van der Waals surface area (Å²) in [7, 11) is 0. The van der Waals surface area contributed by atoms with Gasteiger partial charge in [0.25, 0.3) is 0 Å². The van der Waals surface area contributed by atoms with Crippen molar-refractivity contribution in [2.24, 2.45) is 0 Å². The second kappa shape index (κ2) is 9.54. The number of aliphatic hydroxyl groups excluding tert-OH is 1. The number of fused-ring (bicyclic) bond motifs is 1. The first-order valence-corrected chi connectivity index (χ1v) is 12.7. The number of nitrogens with zero attached hydrogens (tertiary/aromatic N) is 3. The zero-order valence-electron chi connectivity index (χ0n) is 18.8. The molecule has 0 amide bonds. The largest absolute Gasteiger partial charge is 0.394 e. The minimum Gasteiger partial charge on any atom is -0.394 e. The lowest BCUT2D eigenvalue weighted by Crippen LogP contribution is -2.54. The highest BCUT2D eigenvalue weighted by molar-refractivity contribution is 6.30. The number of benzene rings is 2. The third kappa shape index (κ3) is 4.21. The van der Waals surface area contributed by atoms with Crippen LogP contribution >= 0.6 is 11.6 Å². The lowest BCUT2D eigenvalue weighted by molar-refractivity contribution is -0.0107. The van der Waals surface area contributed by atoms with Crippen molar-refractivity contribution in [2.75, 3.05) is 19.7 Å². The van der Waals surface area contributed by atoms with Crippen LogP contribution in [0.4, 0.5) is 0 Å². The second-order valence-corrected chi connectivity index (χ2v) is 10.1. The molecule has 1 saturated heterocycles. The number of imidazole rings is 1. The highest BCUT2D eigenvalue weighted by Gasteiger charge is 2.38. The molecule has 1 N–H and O–H groups in total. The minimum absolute atomic E-state index is 0.0125. The molecule has 170 valence electrons. The van der Waals surface area contributed by atoms with E-state index in [9.17, 15) is 5.11 Å². The Bertz CT molecular complexity index is 1030. The fourth-order valence-electron chi connectivity index (χ4n) is 5.95. The highest BCUT2D eigenvalue weighted by atomic mass is 35.5. The lowest BCUT2D eigenvalue weighted by atomic mass is 9.81. The van der Waals surface area contributed by atoms with Gasteiger partial charge >= 0.3 is 0 Å². The normalized spacial score (nSPS) is 20.8. The van der Waals surface area contributed by atoms with E-state index in [0.717, 1.165) is 60.7 Å². The number of hydrogen-bond donors (Lipinski definition) is 1. The molecule has 3 aromatic rings. The predicted molar refractivity (Wildman–Crippen MR) is 132 cm³/mol. The Labute approximate surface area is 196 Å². The molecule has 0 radical (unpaired) electrons. The van der Waals surface area contributed by atoms with E-state index >= 15 is 0 Å². The molecule has 2 aromatic carbocycles. The van der Waals surface area contributed by atoms with Gasteiger partial charge in [0.2, 0.25) is 0 Å². The van der Waals surface area contributed by atoms with E-state index in [1.165, 1.54) is 37.6 Å². The summed E-state index contributed by atoms with van der Waals surface area (Å²) in [6.45, 7) is 2.37. The molecule has 1 aliphatic heterocycles. The topological polar surface area (TPSA) is 41.3 Å². The summed E-state index contributed by atoms with van der Waals surface area (Å²) in [4.78, 5) is 7.64. The van der Waals surface area contributed by atoms with Crippen molar-refractivity contribution in [1.29, 1.82) is 0 Å². The molecule has 5 heteroatoms. The third-order valence-electron chi connectivity index (χ3n) is 7.78. The maximum Gasteiger partial charge on any atom is 0.141 e. The first kappa shape index (κ1) is 21.9. The molecular formula is C27H34ClN3O. The molecule has 1 saturated carbocycles. The van der Waals surface area contributed by atoms with Gasteiger partial charge in [-0.3, -0.25) is 4.90 Å². The van der Waals surface area contributed by atoms with Gasteiger partial charge in [0.05, 0.1) is 17.6 Å². The quantitative estimate of drug-likeness (QED) is 0.494. The van der Waals surface area contributed by atoms with Crippen LogP contribution in [0, 0.1) is 0 Å². The molecule has 1 aliphatic carbocycles. The average molecular weight is 452 g/mol.